The maximum absolute atomic E-state index is 11.4. The zero-order valence-electron chi connectivity index (χ0n) is 9.97. The average Bonchev–Trinajstić information content (AvgIpc) is 2.29. The molecule has 3 fully saturated rings. The molecule has 2 aliphatic heterocycles. The SMILES string of the molecule is C[C@]12C(=N)NC(=O)N[C@H]1[C@H]1NC(=O)NC(=N)[C@]12C. The molecule has 0 unspecified atom stereocenters. The van der Waals surface area contributed by atoms with Crippen LogP contribution in [0.3, 0.4) is 0 Å². The van der Waals surface area contributed by atoms with Gasteiger partial charge in [0.25, 0.3) is 0 Å². The van der Waals surface area contributed by atoms with E-state index in [0.717, 1.165) is 0 Å². The van der Waals surface area contributed by atoms with Gasteiger partial charge < -0.3 is 10.6 Å². The Morgan fingerprint density at radius 1 is 0.889 bits per heavy atom. The van der Waals surface area contributed by atoms with Crippen LogP contribution in [0.2, 0.25) is 0 Å². The Labute approximate surface area is 103 Å². The molecule has 2 saturated heterocycles. The molecule has 1 aliphatic carbocycles. The van der Waals surface area contributed by atoms with Crippen molar-refractivity contribution >= 4 is 23.7 Å². The van der Waals surface area contributed by atoms with Crippen molar-refractivity contribution in [2.75, 3.05) is 0 Å². The van der Waals surface area contributed by atoms with Crippen molar-refractivity contribution in [1.29, 1.82) is 10.8 Å². The first-order chi connectivity index (χ1) is 8.31. The smallest absolute Gasteiger partial charge is 0.320 e. The summed E-state index contributed by atoms with van der Waals surface area (Å²) >= 11 is 0. The fourth-order valence-corrected chi connectivity index (χ4v) is 3.34. The molecule has 4 atom stereocenters. The van der Waals surface area contributed by atoms with Crippen LogP contribution < -0.4 is 21.3 Å². The number of amides is 4. The molecular weight excluding hydrogens is 236 g/mol. The Bertz CT molecular complexity index is 470. The summed E-state index contributed by atoms with van der Waals surface area (Å²) in [6, 6.07) is -1.61. The third-order valence-corrected chi connectivity index (χ3v) is 4.75. The fraction of sp³-hybridized carbons (Fsp3) is 0.600. The normalized spacial score (nSPS) is 45.7. The topological polar surface area (TPSA) is 130 Å². The third kappa shape index (κ3) is 0.889. The van der Waals surface area contributed by atoms with E-state index in [0.29, 0.717) is 0 Å². The minimum atomic E-state index is -0.719. The summed E-state index contributed by atoms with van der Waals surface area (Å²) in [5.74, 6) is 0.162. The minimum Gasteiger partial charge on any atom is -0.332 e. The number of urea groups is 2. The Morgan fingerprint density at radius 3 is 1.56 bits per heavy atom. The van der Waals surface area contributed by atoms with Gasteiger partial charge in [0, 0.05) is 0 Å². The van der Waals surface area contributed by atoms with Crippen LogP contribution >= 0.6 is 0 Å². The average molecular weight is 250 g/mol. The Hall–Kier alpha value is -2.12. The van der Waals surface area contributed by atoms with Gasteiger partial charge in [-0.15, -0.1) is 0 Å². The standard InChI is InChI=1S/C10H14N6O2/c1-9-3(13-7(17)15-5(9)11)4-10(9,2)6(12)16-8(18)14-4/h3-4H,1-2H3,(H3,11,13,15,17)(H3,12,14,16,18)/t3-,4+,9+,10-. The molecule has 8 nitrogen and oxygen atoms in total. The molecule has 3 rings (SSSR count). The van der Waals surface area contributed by atoms with Gasteiger partial charge in [-0.05, 0) is 13.8 Å². The van der Waals surface area contributed by atoms with Gasteiger partial charge in [0.05, 0.1) is 22.9 Å². The van der Waals surface area contributed by atoms with E-state index >= 15 is 0 Å². The molecule has 2 heterocycles. The number of nitrogens with one attached hydrogen (secondary N) is 6. The van der Waals surface area contributed by atoms with E-state index in [4.69, 9.17) is 10.8 Å². The van der Waals surface area contributed by atoms with Crippen molar-refractivity contribution in [2.24, 2.45) is 10.8 Å². The van der Waals surface area contributed by atoms with Crippen LogP contribution in [0.25, 0.3) is 0 Å². The lowest BCUT2D eigenvalue weighted by molar-refractivity contribution is -0.0303. The van der Waals surface area contributed by atoms with Crippen LogP contribution in [-0.2, 0) is 0 Å². The van der Waals surface area contributed by atoms with Crippen LogP contribution in [-0.4, -0.2) is 35.8 Å². The second-order valence-electron chi connectivity index (χ2n) is 5.31. The van der Waals surface area contributed by atoms with Crippen LogP contribution in [0, 0.1) is 21.6 Å². The zero-order chi connectivity index (χ0) is 13.3. The molecule has 0 radical (unpaired) electrons. The summed E-state index contributed by atoms with van der Waals surface area (Å²) in [6.45, 7) is 3.63. The summed E-state index contributed by atoms with van der Waals surface area (Å²) in [6.07, 6.45) is 0. The predicted molar refractivity (Wildman–Crippen MR) is 62.6 cm³/mol. The highest BCUT2D eigenvalue weighted by atomic mass is 16.2. The molecule has 1 saturated carbocycles. The molecule has 0 aromatic carbocycles. The molecule has 0 bridgehead atoms. The van der Waals surface area contributed by atoms with Crippen molar-refractivity contribution in [2.45, 2.75) is 25.9 Å². The van der Waals surface area contributed by atoms with Gasteiger partial charge in [0.1, 0.15) is 11.7 Å². The van der Waals surface area contributed by atoms with Gasteiger partial charge in [0.15, 0.2) is 0 Å². The zero-order valence-corrected chi connectivity index (χ0v) is 9.97. The largest absolute Gasteiger partial charge is 0.332 e. The number of amidine groups is 2. The van der Waals surface area contributed by atoms with E-state index in [-0.39, 0.29) is 23.8 Å². The van der Waals surface area contributed by atoms with Crippen LogP contribution in [0.4, 0.5) is 9.59 Å². The summed E-state index contributed by atoms with van der Waals surface area (Å²) in [5.41, 5.74) is -1.44. The van der Waals surface area contributed by atoms with Crippen LogP contribution in [0.15, 0.2) is 0 Å². The highest BCUT2D eigenvalue weighted by Gasteiger charge is 2.75. The van der Waals surface area contributed by atoms with Gasteiger partial charge in [-0.2, -0.15) is 0 Å². The van der Waals surface area contributed by atoms with Gasteiger partial charge >= 0.3 is 12.1 Å². The van der Waals surface area contributed by atoms with Crippen molar-refractivity contribution in [3.8, 4) is 0 Å². The van der Waals surface area contributed by atoms with E-state index in [9.17, 15) is 9.59 Å². The van der Waals surface area contributed by atoms with E-state index in [1.807, 2.05) is 13.8 Å². The second-order valence-corrected chi connectivity index (χ2v) is 5.31. The third-order valence-electron chi connectivity index (χ3n) is 4.75. The highest BCUT2D eigenvalue weighted by molar-refractivity contribution is 6.12. The van der Waals surface area contributed by atoms with Crippen LogP contribution in [0.5, 0.6) is 0 Å². The predicted octanol–water partition coefficient (Wildman–Crippen LogP) is -0.670. The molecule has 0 aromatic heterocycles. The first kappa shape index (κ1) is 11.0. The summed E-state index contributed by atoms with van der Waals surface area (Å²) < 4.78 is 0. The number of hydrogen-bond donors (Lipinski definition) is 6. The van der Waals surface area contributed by atoms with E-state index in [1.54, 1.807) is 0 Å². The molecule has 6 N–H and O–H groups in total. The quantitative estimate of drug-likeness (QED) is 0.340. The lowest BCUT2D eigenvalue weighted by Gasteiger charge is -2.68. The van der Waals surface area contributed by atoms with Crippen molar-refractivity contribution in [3.63, 3.8) is 0 Å². The first-order valence-electron chi connectivity index (χ1n) is 5.65. The number of carbonyl (C=O) groups excluding carboxylic acids is 2. The monoisotopic (exact) mass is 250 g/mol. The number of hydrogen-bond acceptors (Lipinski definition) is 4. The summed E-state index contributed by atoms with van der Waals surface area (Å²) in [7, 11) is 0. The van der Waals surface area contributed by atoms with Crippen molar-refractivity contribution in [1.82, 2.24) is 21.3 Å². The van der Waals surface area contributed by atoms with Gasteiger partial charge in [-0.1, -0.05) is 0 Å². The minimum absolute atomic E-state index is 0.0812. The summed E-state index contributed by atoms with van der Waals surface area (Å²) in [4.78, 5) is 22.8. The lowest BCUT2D eigenvalue weighted by Crippen LogP contribution is -2.90. The van der Waals surface area contributed by atoms with Gasteiger partial charge in [-0.3, -0.25) is 21.5 Å². The van der Waals surface area contributed by atoms with E-state index in [1.165, 1.54) is 0 Å². The first-order valence-corrected chi connectivity index (χ1v) is 5.65. The van der Waals surface area contributed by atoms with Crippen LogP contribution in [0.1, 0.15) is 13.8 Å². The molecule has 0 aromatic rings. The lowest BCUT2D eigenvalue weighted by atomic mass is 9.42. The molecule has 0 spiro atoms. The van der Waals surface area contributed by atoms with Gasteiger partial charge in [-0.25, -0.2) is 9.59 Å². The van der Waals surface area contributed by atoms with Crippen molar-refractivity contribution < 1.29 is 9.59 Å². The molecule has 96 valence electrons. The summed E-state index contributed by atoms with van der Waals surface area (Å²) in [5, 5.41) is 26.3. The number of fused-ring (bicyclic) bond motifs is 4. The molecule has 3 aliphatic rings. The maximum Gasteiger partial charge on any atom is 0.320 e. The van der Waals surface area contributed by atoms with Crippen molar-refractivity contribution in [3.05, 3.63) is 0 Å². The molecule has 8 heteroatoms. The second kappa shape index (κ2) is 2.82. The Kier molecular flexibility index (Phi) is 1.72. The maximum atomic E-state index is 11.4. The Balaban J connectivity index is 2.07. The molecule has 4 amide bonds. The molecular formula is C10H14N6O2. The van der Waals surface area contributed by atoms with E-state index < -0.39 is 22.9 Å². The van der Waals surface area contributed by atoms with Gasteiger partial charge in [0.2, 0.25) is 0 Å². The highest BCUT2D eigenvalue weighted by Crippen LogP contribution is 2.58. The molecule has 18 heavy (non-hydrogen) atoms. The van der Waals surface area contributed by atoms with E-state index in [2.05, 4.69) is 21.3 Å². The number of rotatable bonds is 0. The fourth-order valence-electron chi connectivity index (χ4n) is 3.34. The Morgan fingerprint density at radius 2 is 1.22 bits per heavy atom. The number of carbonyl (C=O) groups is 2.